The summed E-state index contributed by atoms with van der Waals surface area (Å²) in [4.78, 5) is 22.3. The molecule has 0 aliphatic rings. The van der Waals surface area contributed by atoms with Crippen LogP contribution >= 0.6 is 0 Å². The Morgan fingerprint density at radius 2 is 2.06 bits per heavy atom. The third-order valence-corrected chi connectivity index (χ3v) is 2.30. The Morgan fingerprint density at radius 1 is 1.35 bits per heavy atom. The first kappa shape index (κ1) is 11.1. The monoisotopic (exact) mass is 234 g/mol. The maximum Gasteiger partial charge on any atom is 0.325 e. The number of carbonyl (C=O) groups excluding carboxylic acids is 1. The number of rotatable bonds is 3. The van der Waals surface area contributed by atoms with E-state index in [1.165, 1.54) is 6.92 Å². The summed E-state index contributed by atoms with van der Waals surface area (Å²) in [6.07, 6.45) is 0. The second-order valence-corrected chi connectivity index (χ2v) is 3.56. The standard InChI is InChI=1S/C10H10N4O3/c1-5(10(16)17)11-9(15)6-2-3-7-8(4-6)13-14-12-7/h2-5H,1H3,(H,11,15)(H,16,17)(H,12,13,14). The molecule has 7 nitrogen and oxygen atoms in total. The lowest BCUT2D eigenvalue weighted by Gasteiger charge is -2.08. The fraction of sp³-hybridized carbons (Fsp3) is 0.200. The highest BCUT2D eigenvalue weighted by molar-refractivity contribution is 5.98. The van der Waals surface area contributed by atoms with Gasteiger partial charge in [-0.15, -0.1) is 0 Å². The van der Waals surface area contributed by atoms with E-state index in [2.05, 4.69) is 20.7 Å². The number of aromatic nitrogens is 3. The molecule has 0 radical (unpaired) electrons. The summed E-state index contributed by atoms with van der Waals surface area (Å²) in [6, 6.07) is 3.81. The van der Waals surface area contributed by atoms with Crippen LogP contribution in [0.5, 0.6) is 0 Å². The van der Waals surface area contributed by atoms with Crippen LogP contribution in [0.25, 0.3) is 11.0 Å². The molecule has 0 aliphatic heterocycles. The van der Waals surface area contributed by atoms with Crippen LogP contribution in [-0.4, -0.2) is 38.4 Å². The van der Waals surface area contributed by atoms with E-state index in [-0.39, 0.29) is 0 Å². The van der Waals surface area contributed by atoms with Gasteiger partial charge in [-0.05, 0) is 25.1 Å². The van der Waals surface area contributed by atoms with Crippen molar-refractivity contribution in [1.82, 2.24) is 20.7 Å². The zero-order valence-corrected chi connectivity index (χ0v) is 8.97. The summed E-state index contributed by atoms with van der Waals surface area (Å²) in [5, 5.41) is 21.2. The van der Waals surface area contributed by atoms with Crippen molar-refractivity contribution in [3.8, 4) is 0 Å². The van der Waals surface area contributed by atoms with Crippen molar-refractivity contribution < 1.29 is 14.7 Å². The zero-order chi connectivity index (χ0) is 12.4. The zero-order valence-electron chi connectivity index (χ0n) is 8.97. The molecule has 2 rings (SSSR count). The van der Waals surface area contributed by atoms with E-state index in [1.54, 1.807) is 18.2 Å². The van der Waals surface area contributed by atoms with E-state index in [4.69, 9.17) is 5.11 Å². The van der Waals surface area contributed by atoms with Crippen LogP contribution in [-0.2, 0) is 4.79 Å². The first-order valence-corrected chi connectivity index (χ1v) is 4.92. The van der Waals surface area contributed by atoms with Crippen molar-refractivity contribution in [3.05, 3.63) is 23.8 Å². The van der Waals surface area contributed by atoms with E-state index in [1.807, 2.05) is 0 Å². The van der Waals surface area contributed by atoms with Crippen LogP contribution in [0.1, 0.15) is 17.3 Å². The number of hydrogen-bond donors (Lipinski definition) is 3. The molecule has 0 aliphatic carbocycles. The van der Waals surface area contributed by atoms with Gasteiger partial charge < -0.3 is 10.4 Å². The number of amides is 1. The lowest BCUT2D eigenvalue weighted by atomic mass is 10.2. The number of hydrogen-bond acceptors (Lipinski definition) is 4. The molecule has 0 fully saturated rings. The fourth-order valence-electron chi connectivity index (χ4n) is 1.32. The lowest BCUT2D eigenvalue weighted by Crippen LogP contribution is -2.38. The van der Waals surface area contributed by atoms with Gasteiger partial charge in [0.15, 0.2) is 0 Å². The molecule has 3 N–H and O–H groups in total. The average Bonchev–Trinajstić information content (AvgIpc) is 2.75. The van der Waals surface area contributed by atoms with Gasteiger partial charge in [-0.2, -0.15) is 15.4 Å². The van der Waals surface area contributed by atoms with Gasteiger partial charge in [0.05, 0.1) is 0 Å². The molecule has 88 valence electrons. The van der Waals surface area contributed by atoms with Gasteiger partial charge in [0.1, 0.15) is 17.1 Å². The Morgan fingerprint density at radius 3 is 2.76 bits per heavy atom. The van der Waals surface area contributed by atoms with Crippen molar-refractivity contribution >= 4 is 22.9 Å². The first-order valence-electron chi connectivity index (χ1n) is 4.92. The van der Waals surface area contributed by atoms with Crippen molar-refractivity contribution in [3.63, 3.8) is 0 Å². The predicted molar refractivity (Wildman–Crippen MR) is 58.5 cm³/mol. The molecule has 1 heterocycles. The third kappa shape index (κ3) is 2.22. The summed E-state index contributed by atoms with van der Waals surface area (Å²) < 4.78 is 0. The minimum atomic E-state index is -1.08. The Bertz CT molecular complexity index is 578. The number of carboxylic acids is 1. The molecule has 1 aromatic carbocycles. The topological polar surface area (TPSA) is 108 Å². The highest BCUT2D eigenvalue weighted by atomic mass is 16.4. The van der Waals surface area contributed by atoms with Crippen LogP contribution in [0.3, 0.4) is 0 Å². The largest absolute Gasteiger partial charge is 0.480 e. The van der Waals surface area contributed by atoms with Crippen LogP contribution in [0.2, 0.25) is 0 Å². The van der Waals surface area contributed by atoms with Crippen LogP contribution in [0.4, 0.5) is 0 Å². The van der Waals surface area contributed by atoms with Gasteiger partial charge in [-0.3, -0.25) is 9.59 Å². The van der Waals surface area contributed by atoms with Crippen molar-refractivity contribution in [2.75, 3.05) is 0 Å². The Kier molecular flexibility index (Phi) is 2.73. The quantitative estimate of drug-likeness (QED) is 0.701. The summed E-state index contributed by atoms with van der Waals surface area (Å²) >= 11 is 0. The molecule has 7 heteroatoms. The van der Waals surface area contributed by atoms with Crippen molar-refractivity contribution in [2.24, 2.45) is 0 Å². The SMILES string of the molecule is CC(NC(=O)c1ccc2n[nH]nc2c1)C(=O)O. The molecule has 0 saturated heterocycles. The van der Waals surface area contributed by atoms with E-state index in [0.717, 1.165) is 0 Å². The summed E-state index contributed by atoms with van der Waals surface area (Å²) in [5.74, 6) is -1.54. The molecule has 1 aromatic heterocycles. The smallest absolute Gasteiger partial charge is 0.325 e. The minimum Gasteiger partial charge on any atom is -0.480 e. The summed E-state index contributed by atoms with van der Waals surface area (Å²) in [5.41, 5.74) is 1.55. The maximum absolute atomic E-state index is 11.7. The molecule has 0 saturated carbocycles. The lowest BCUT2D eigenvalue weighted by molar-refractivity contribution is -0.138. The van der Waals surface area contributed by atoms with Crippen molar-refractivity contribution in [2.45, 2.75) is 13.0 Å². The predicted octanol–water partition coefficient (Wildman–Crippen LogP) is 0.161. The van der Waals surface area contributed by atoms with Gasteiger partial charge in [0.25, 0.3) is 5.91 Å². The second-order valence-electron chi connectivity index (χ2n) is 3.56. The van der Waals surface area contributed by atoms with Gasteiger partial charge in [0.2, 0.25) is 0 Å². The summed E-state index contributed by atoms with van der Waals surface area (Å²) in [7, 11) is 0. The van der Waals surface area contributed by atoms with Gasteiger partial charge in [-0.25, -0.2) is 0 Å². The van der Waals surface area contributed by atoms with Gasteiger partial charge in [-0.1, -0.05) is 0 Å². The number of nitrogens with one attached hydrogen (secondary N) is 2. The average molecular weight is 234 g/mol. The number of fused-ring (bicyclic) bond motifs is 1. The van der Waals surface area contributed by atoms with Crippen LogP contribution in [0, 0.1) is 0 Å². The first-order chi connectivity index (χ1) is 8.08. The molecule has 0 spiro atoms. The molecule has 1 atom stereocenters. The number of H-pyrrole nitrogens is 1. The minimum absolute atomic E-state index is 0.347. The number of benzene rings is 1. The maximum atomic E-state index is 11.7. The normalized spacial score (nSPS) is 12.3. The number of carbonyl (C=O) groups is 2. The number of nitrogens with zero attached hydrogens (tertiary/aromatic N) is 2. The fourth-order valence-corrected chi connectivity index (χ4v) is 1.32. The molecule has 17 heavy (non-hydrogen) atoms. The van der Waals surface area contributed by atoms with E-state index < -0.39 is 17.9 Å². The van der Waals surface area contributed by atoms with Crippen molar-refractivity contribution in [1.29, 1.82) is 0 Å². The van der Waals surface area contributed by atoms with E-state index in [0.29, 0.717) is 16.6 Å². The number of aromatic amines is 1. The molecule has 1 amide bonds. The van der Waals surface area contributed by atoms with Crippen LogP contribution < -0.4 is 5.32 Å². The molecule has 2 aromatic rings. The number of carboxylic acid groups (broad SMARTS) is 1. The molecular formula is C10H10N4O3. The van der Waals surface area contributed by atoms with E-state index in [9.17, 15) is 9.59 Å². The Labute approximate surface area is 95.8 Å². The Hall–Kier alpha value is -2.44. The highest BCUT2D eigenvalue weighted by Crippen LogP contribution is 2.10. The molecule has 0 bridgehead atoms. The third-order valence-electron chi connectivity index (χ3n) is 2.30. The highest BCUT2D eigenvalue weighted by Gasteiger charge is 2.15. The number of aliphatic carboxylic acids is 1. The van der Waals surface area contributed by atoms with Gasteiger partial charge >= 0.3 is 5.97 Å². The van der Waals surface area contributed by atoms with Crippen LogP contribution in [0.15, 0.2) is 18.2 Å². The van der Waals surface area contributed by atoms with Gasteiger partial charge in [0, 0.05) is 5.56 Å². The second kappa shape index (κ2) is 4.20. The van der Waals surface area contributed by atoms with E-state index >= 15 is 0 Å². The Balaban J connectivity index is 2.21. The molecular weight excluding hydrogens is 224 g/mol. The molecule has 1 unspecified atom stereocenters. The summed E-state index contributed by atoms with van der Waals surface area (Å²) in [6.45, 7) is 1.40.